The molecule has 2 N–H and O–H groups in total. The average Bonchev–Trinajstić information content (AvgIpc) is 3.61. The van der Waals surface area contributed by atoms with Crippen molar-refractivity contribution in [2.24, 2.45) is 0 Å². The number of aromatic hydroxyl groups is 1. The number of carbonyl (C=O) groups is 1. The molecule has 0 atom stereocenters. The molecule has 0 amide bonds. The first-order valence-electron chi connectivity index (χ1n) is 12.7. The standard InChI is InChI=1S/C30H28F2N4O5/c1-30(2,11-12-35-16-33-15-34-35)28-25(17-5-7-19(29(38)39)23(13-17)40-3)26-22(10-9-21(32)27(26)37)36(28)18-6-8-20(31)24(14-18)41-4/h5-10,13-16,37H,11-12H2,1-4H3,(H,38,39). The lowest BCUT2D eigenvalue weighted by atomic mass is 9.81. The van der Waals surface area contributed by atoms with E-state index in [-0.39, 0.29) is 22.4 Å². The van der Waals surface area contributed by atoms with Gasteiger partial charge in [-0.1, -0.05) is 19.9 Å². The number of ether oxygens (including phenoxy) is 2. The van der Waals surface area contributed by atoms with Crippen molar-refractivity contribution < 1.29 is 33.3 Å². The molecule has 2 aromatic heterocycles. The molecule has 0 unspecified atom stereocenters. The molecule has 0 aliphatic rings. The number of fused-ring (bicyclic) bond motifs is 1. The van der Waals surface area contributed by atoms with Crippen LogP contribution >= 0.6 is 0 Å². The Kier molecular flexibility index (Phi) is 7.12. The van der Waals surface area contributed by atoms with Gasteiger partial charge in [-0.05, 0) is 48.4 Å². The van der Waals surface area contributed by atoms with Crippen LogP contribution in [0.3, 0.4) is 0 Å². The van der Waals surface area contributed by atoms with Gasteiger partial charge in [-0.3, -0.25) is 4.68 Å². The predicted molar refractivity (Wildman–Crippen MR) is 148 cm³/mol. The van der Waals surface area contributed by atoms with Crippen LogP contribution in [0.15, 0.2) is 61.2 Å². The molecule has 0 radical (unpaired) electrons. The zero-order valence-electron chi connectivity index (χ0n) is 22.9. The molecule has 3 aromatic carbocycles. The van der Waals surface area contributed by atoms with Gasteiger partial charge in [-0.15, -0.1) is 0 Å². The number of methoxy groups -OCH3 is 2. The van der Waals surface area contributed by atoms with E-state index in [4.69, 9.17) is 9.47 Å². The smallest absolute Gasteiger partial charge is 0.339 e. The number of hydrogen-bond acceptors (Lipinski definition) is 6. The van der Waals surface area contributed by atoms with Crippen LogP contribution in [0.4, 0.5) is 8.78 Å². The number of aromatic carboxylic acids is 1. The van der Waals surface area contributed by atoms with Gasteiger partial charge < -0.3 is 24.3 Å². The van der Waals surface area contributed by atoms with Crippen molar-refractivity contribution in [3.05, 3.63) is 84.1 Å². The second-order valence-electron chi connectivity index (χ2n) is 10.2. The van der Waals surface area contributed by atoms with Gasteiger partial charge in [-0.2, -0.15) is 5.10 Å². The van der Waals surface area contributed by atoms with Crippen LogP contribution in [0.2, 0.25) is 0 Å². The Bertz CT molecular complexity index is 1760. The second kappa shape index (κ2) is 10.6. The number of aromatic nitrogens is 4. The highest BCUT2D eigenvalue weighted by Gasteiger charge is 2.34. The van der Waals surface area contributed by atoms with Gasteiger partial charge in [-0.25, -0.2) is 18.6 Å². The van der Waals surface area contributed by atoms with Crippen molar-refractivity contribution in [2.45, 2.75) is 32.2 Å². The third-order valence-electron chi connectivity index (χ3n) is 7.25. The van der Waals surface area contributed by atoms with E-state index < -0.39 is 28.8 Å². The van der Waals surface area contributed by atoms with E-state index in [0.29, 0.717) is 41.0 Å². The van der Waals surface area contributed by atoms with E-state index in [2.05, 4.69) is 10.1 Å². The molecule has 41 heavy (non-hydrogen) atoms. The lowest BCUT2D eigenvalue weighted by Gasteiger charge is -2.29. The fraction of sp³-hybridized carbons (Fsp3) is 0.233. The van der Waals surface area contributed by atoms with E-state index >= 15 is 0 Å². The largest absolute Gasteiger partial charge is 0.504 e. The summed E-state index contributed by atoms with van der Waals surface area (Å²) in [5.74, 6) is -3.01. The van der Waals surface area contributed by atoms with Gasteiger partial charge in [0.1, 0.15) is 24.0 Å². The van der Waals surface area contributed by atoms with Gasteiger partial charge in [0.25, 0.3) is 0 Å². The minimum atomic E-state index is -1.17. The Balaban J connectivity index is 1.89. The second-order valence-corrected chi connectivity index (χ2v) is 10.2. The topological polar surface area (TPSA) is 112 Å². The molecule has 0 spiro atoms. The summed E-state index contributed by atoms with van der Waals surface area (Å²) in [5, 5.41) is 25.2. The minimum absolute atomic E-state index is 0.0103. The summed E-state index contributed by atoms with van der Waals surface area (Å²) in [7, 11) is 2.72. The molecule has 212 valence electrons. The van der Waals surface area contributed by atoms with Crippen LogP contribution in [0, 0.1) is 11.6 Å². The van der Waals surface area contributed by atoms with Crippen molar-refractivity contribution in [1.82, 2.24) is 19.3 Å². The molecule has 5 aromatic rings. The van der Waals surface area contributed by atoms with E-state index in [1.165, 1.54) is 44.8 Å². The lowest BCUT2D eigenvalue weighted by Crippen LogP contribution is -2.24. The first kappa shape index (κ1) is 27.6. The Morgan fingerprint density at radius 1 is 1.00 bits per heavy atom. The Morgan fingerprint density at radius 3 is 2.39 bits per heavy atom. The van der Waals surface area contributed by atoms with E-state index in [0.717, 1.165) is 0 Å². The average molecular weight is 563 g/mol. The number of rotatable bonds is 9. The van der Waals surface area contributed by atoms with Gasteiger partial charge >= 0.3 is 5.97 Å². The SMILES string of the molecule is COc1cc(-n2c(C(C)(C)CCn3cncn3)c(-c3ccc(C(=O)O)c(OC)c3)c3c(O)c(F)ccc32)ccc1F. The third-order valence-corrected chi connectivity index (χ3v) is 7.25. The quantitative estimate of drug-likeness (QED) is 0.228. The molecule has 0 aliphatic carbocycles. The molecule has 9 nitrogen and oxygen atoms in total. The zero-order chi connectivity index (χ0) is 29.5. The highest BCUT2D eigenvalue weighted by Crippen LogP contribution is 2.48. The van der Waals surface area contributed by atoms with Gasteiger partial charge in [0.2, 0.25) is 0 Å². The number of benzene rings is 3. The molecule has 0 saturated carbocycles. The number of phenols is 1. The Morgan fingerprint density at radius 2 is 1.73 bits per heavy atom. The summed E-state index contributed by atoms with van der Waals surface area (Å²) in [6, 6.07) is 11.6. The lowest BCUT2D eigenvalue weighted by molar-refractivity contribution is 0.0693. The first-order valence-corrected chi connectivity index (χ1v) is 12.7. The van der Waals surface area contributed by atoms with E-state index in [1.54, 1.807) is 35.3 Å². The highest BCUT2D eigenvalue weighted by molar-refractivity contribution is 6.04. The summed E-state index contributed by atoms with van der Waals surface area (Å²) in [6.45, 7) is 4.48. The van der Waals surface area contributed by atoms with Gasteiger partial charge in [0.05, 0.1) is 25.1 Å². The van der Waals surface area contributed by atoms with Crippen LogP contribution in [0.5, 0.6) is 17.2 Å². The van der Waals surface area contributed by atoms with Crippen LogP contribution < -0.4 is 9.47 Å². The number of nitrogens with zero attached hydrogens (tertiary/aromatic N) is 4. The molecule has 2 heterocycles. The molecule has 0 saturated heterocycles. The predicted octanol–water partition coefficient (Wildman–Crippen LogP) is 5.96. The van der Waals surface area contributed by atoms with Crippen molar-refractivity contribution >= 4 is 16.9 Å². The molecule has 0 aliphatic heterocycles. The fourth-order valence-electron chi connectivity index (χ4n) is 5.20. The molecular weight excluding hydrogens is 534 g/mol. The molecular formula is C30H28F2N4O5. The number of phenolic OH excluding ortho intramolecular Hbond substituents is 1. The Labute approximate surface area is 234 Å². The molecule has 5 rings (SSSR count). The Hall–Kier alpha value is -4.93. The minimum Gasteiger partial charge on any atom is -0.504 e. The van der Waals surface area contributed by atoms with Crippen molar-refractivity contribution in [1.29, 1.82) is 0 Å². The van der Waals surface area contributed by atoms with Crippen LogP contribution in [-0.2, 0) is 12.0 Å². The number of aryl methyl sites for hydroxylation is 1. The summed E-state index contributed by atoms with van der Waals surface area (Å²) in [6.07, 6.45) is 3.58. The number of halogens is 2. The summed E-state index contributed by atoms with van der Waals surface area (Å²) in [5.41, 5.74) is 1.87. The van der Waals surface area contributed by atoms with Crippen molar-refractivity contribution in [2.75, 3.05) is 14.2 Å². The van der Waals surface area contributed by atoms with Gasteiger partial charge in [0, 0.05) is 35.0 Å². The maximum atomic E-state index is 15.0. The summed E-state index contributed by atoms with van der Waals surface area (Å²) < 4.78 is 43.6. The summed E-state index contributed by atoms with van der Waals surface area (Å²) >= 11 is 0. The van der Waals surface area contributed by atoms with E-state index in [1.807, 2.05) is 18.4 Å². The first-order chi connectivity index (χ1) is 19.6. The van der Waals surface area contributed by atoms with Crippen LogP contribution in [-0.4, -0.2) is 49.7 Å². The van der Waals surface area contributed by atoms with Gasteiger partial charge in [0.15, 0.2) is 23.1 Å². The normalized spacial score (nSPS) is 11.7. The molecule has 0 bridgehead atoms. The highest BCUT2D eigenvalue weighted by atomic mass is 19.1. The number of carboxylic acid groups (broad SMARTS) is 1. The van der Waals surface area contributed by atoms with E-state index in [9.17, 15) is 23.8 Å². The fourth-order valence-corrected chi connectivity index (χ4v) is 5.20. The molecule has 0 fully saturated rings. The number of carboxylic acids is 1. The summed E-state index contributed by atoms with van der Waals surface area (Å²) in [4.78, 5) is 15.8. The maximum Gasteiger partial charge on any atom is 0.339 e. The number of hydrogen-bond donors (Lipinski definition) is 2. The zero-order valence-corrected chi connectivity index (χ0v) is 22.9. The van der Waals surface area contributed by atoms with Crippen LogP contribution in [0.1, 0.15) is 36.3 Å². The maximum absolute atomic E-state index is 15.0. The third kappa shape index (κ3) is 4.83. The van der Waals surface area contributed by atoms with Crippen molar-refractivity contribution in [3.8, 4) is 34.1 Å². The monoisotopic (exact) mass is 562 g/mol. The molecule has 11 heteroatoms. The van der Waals surface area contributed by atoms with Crippen molar-refractivity contribution in [3.63, 3.8) is 0 Å². The van der Waals surface area contributed by atoms with Crippen LogP contribution in [0.25, 0.3) is 27.7 Å².